The molecule has 0 saturated carbocycles. The lowest BCUT2D eigenvalue weighted by Crippen LogP contribution is -2.49. The number of benzene rings is 1. The van der Waals surface area contributed by atoms with Crippen LogP contribution >= 0.6 is 0 Å². The lowest BCUT2D eigenvalue weighted by atomic mass is 10.1. The quantitative estimate of drug-likeness (QED) is 0.374. The second kappa shape index (κ2) is 9.51. The Hall–Kier alpha value is -3.23. The maximum Gasteiger partial charge on any atom is 0.338 e. The minimum atomic E-state index is -3.87. The summed E-state index contributed by atoms with van der Waals surface area (Å²) in [6, 6.07) is 6.90. The summed E-state index contributed by atoms with van der Waals surface area (Å²) in [5, 5.41) is 8.90. The highest BCUT2D eigenvalue weighted by Gasteiger charge is 2.29. The number of Topliss-reactive ketones (excluding diaryl/α,β-unsaturated/α-hetero) is 1. The highest BCUT2D eigenvalue weighted by molar-refractivity contribution is 7.89. The van der Waals surface area contributed by atoms with Gasteiger partial charge in [0.25, 0.3) is 0 Å². The maximum absolute atomic E-state index is 12.9. The van der Waals surface area contributed by atoms with Crippen LogP contribution in [-0.4, -0.2) is 68.1 Å². The molecule has 0 atom stereocenters. The minimum absolute atomic E-state index is 0.0107. The number of nitrogens with two attached hydrogens (primary N) is 1. The Kier molecular flexibility index (Phi) is 7.31. The molecule has 1 saturated heterocycles. The maximum atomic E-state index is 12.9. The smallest absolute Gasteiger partial charge is 0.338 e. The molecule has 0 aliphatic carbocycles. The minimum Gasteiger partial charge on any atom is -0.454 e. The number of carbonyl (C=O) groups is 3. The number of nitriles is 1. The van der Waals surface area contributed by atoms with Crippen LogP contribution in [0.1, 0.15) is 24.2 Å². The molecule has 1 aliphatic rings. The molecule has 160 valence electrons. The summed E-state index contributed by atoms with van der Waals surface area (Å²) in [5.41, 5.74) is 5.08. The number of ether oxygens (including phenoxy) is 1. The number of rotatable bonds is 6. The number of ketones is 1. The van der Waals surface area contributed by atoms with Crippen molar-refractivity contribution in [3.63, 3.8) is 0 Å². The number of sulfonamides is 1. The Morgan fingerprint density at radius 3 is 2.33 bits per heavy atom. The highest BCUT2D eigenvalue weighted by Crippen LogP contribution is 2.19. The van der Waals surface area contributed by atoms with Gasteiger partial charge in [0.2, 0.25) is 21.7 Å². The highest BCUT2D eigenvalue weighted by atomic mass is 32.2. The average molecular weight is 434 g/mol. The van der Waals surface area contributed by atoms with Crippen LogP contribution in [0.4, 0.5) is 0 Å². The zero-order chi connectivity index (χ0) is 22.5. The van der Waals surface area contributed by atoms with Crippen LogP contribution in [0, 0.1) is 11.3 Å². The molecule has 0 bridgehead atoms. The summed E-state index contributed by atoms with van der Waals surface area (Å²) in [5.74, 6) is -1.78. The molecule has 1 heterocycles. The summed E-state index contributed by atoms with van der Waals surface area (Å²) in [7, 11) is -3.87. The lowest BCUT2D eigenvalue weighted by Gasteiger charge is -2.33. The second-order valence-corrected chi connectivity index (χ2v) is 8.55. The number of amides is 1. The van der Waals surface area contributed by atoms with E-state index >= 15 is 0 Å². The Morgan fingerprint density at radius 1 is 1.17 bits per heavy atom. The first kappa shape index (κ1) is 23.1. The molecule has 0 aromatic heterocycles. The SMILES string of the molecule is CC(=O)N1CCN(S(=O)(=O)c2cccc(C(=O)OCC(=O)C(C#N)=C(C)N)c2)CC1. The van der Waals surface area contributed by atoms with Crippen molar-refractivity contribution in [2.24, 2.45) is 5.73 Å². The van der Waals surface area contributed by atoms with Gasteiger partial charge >= 0.3 is 5.97 Å². The fourth-order valence-electron chi connectivity index (χ4n) is 2.83. The van der Waals surface area contributed by atoms with Crippen molar-refractivity contribution in [1.29, 1.82) is 5.26 Å². The van der Waals surface area contributed by atoms with Gasteiger partial charge < -0.3 is 15.4 Å². The number of carbonyl (C=O) groups excluding carboxylic acids is 3. The molecular weight excluding hydrogens is 412 g/mol. The molecule has 0 radical (unpaired) electrons. The van der Waals surface area contributed by atoms with Gasteiger partial charge in [0.15, 0.2) is 6.61 Å². The molecule has 1 aromatic carbocycles. The molecule has 0 unspecified atom stereocenters. The van der Waals surface area contributed by atoms with E-state index in [9.17, 15) is 22.8 Å². The van der Waals surface area contributed by atoms with E-state index in [4.69, 9.17) is 15.7 Å². The molecule has 1 aliphatic heterocycles. The molecule has 2 rings (SSSR count). The molecule has 1 amide bonds. The number of esters is 1. The zero-order valence-corrected chi connectivity index (χ0v) is 17.4. The van der Waals surface area contributed by atoms with Crippen LogP contribution in [0.5, 0.6) is 0 Å². The van der Waals surface area contributed by atoms with E-state index in [1.54, 1.807) is 11.0 Å². The van der Waals surface area contributed by atoms with Crippen molar-refractivity contribution < 1.29 is 27.5 Å². The summed E-state index contributed by atoms with van der Waals surface area (Å²) in [6.45, 7) is 2.97. The van der Waals surface area contributed by atoms with Crippen LogP contribution in [0.25, 0.3) is 0 Å². The van der Waals surface area contributed by atoms with Gasteiger partial charge in [0.05, 0.1) is 10.5 Å². The first-order chi connectivity index (χ1) is 14.1. The molecule has 11 heteroatoms. The van der Waals surface area contributed by atoms with Crippen LogP contribution in [-0.2, 0) is 24.3 Å². The van der Waals surface area contributed by atoms with Crippen LogP contribution < -0.4 is 5.73 Å². The third-order valence-corrected chi connectivity index (χ3v) is 6.41. The van der Waals surface area contributed by atoms with Crippen molar-refractivity contribution in [3.05, 3.63) is 41.1 Å². The predicted molar refractivity (Wildman–Crippen MR) is 105 cm³/mol. The fourth-order valence-corrected chi connectivity index (χ4v) is 4.30. The first-order valence-electron chi connectivity index (χ1n) is 9.00. The van der Waals surface area contributed by atoms with Gasteiger partial charge in [-0.15, -0.1) is 0 Å². The van der Waals surface area contributed by atoms with E-state index in [1.165, 1.54) is 36.4 Å². The van der Waals surface area contributed by atoms with Crippen LogP contribution in [0.2, 0.25) is 0 Å². The summed E-state index contributed by atoms with van der Waals surface area (Å²) >= 11 is 0. The van der Waals surface area contributed by atoms with E-state index in [0.29, 0.717) is 0 Å². The van der Waals surface area contributed by atoms with E-state index in [2.05, 4.69) is 0 Å². The fraction of sp³-hybridized carbons (Fsp3) is 0.368. The summed E-state index contributed by atoms with van der Waals surface area (Å²) < 4.78 is 31.9. The van der Waals surface area contributed by atoms with Crippen molar-refractivity contribution in [3.8, 4) is 6.07 Å². The Morgan fingerprint density at radius 2 is 1.80 bits per heavy atom. The molecule has 10 nitrogen and oxygen atoms in total. The normalized spacial score (nSPS) is 15.7. The van der Waals surface area contributed by atoms with Gasteiger partial charge in [-0.1, -0.05) is 6.07 Å². The molecule has 2 N–H and O–H groups in total. The van der Waals surface area contributed by atoms with Crippen LogP contribution in [0.15, 0.2) is 40.4 Å². The molecular formula is C19H22N4O6S. The number of piperazine rings is 1. The van der Waals surface area contributed by atoms with Gasteiger partial charge in [-0.25, -0.2) is 13.2 Å². The van der Waals surface area contributed by atoms with E-state index in [0.717, 1.165) is 6.07 Å². The standard InChI is InChI=1S/C19H22N4O6S/c1-13(21)17(11-20)18(25)12-29-19(26)15-4-3-5-16(10-15)30(27,28)23-8-6-22(7-9-23)14(2)24/h3-5,10H,6-9,12,21H2,1-2H3. The predicted octanol–water partition coefficient (Wildman–Crippen LogP) is 0.0216. The van der Waals surface area contributed by atoms with Crippen LogP contribution in [0.3, 0.4) is 0 Å². The lowest BCUT2D eigenvalue weighted by molar-refractivity contribution is -0.130. The molecule has 0 spiro atoms. The Labute approximate surface area is 174 Å². The average Bonchev–Trinajstić information content (AvgIpc) is 2.72. The molecule has 1 fully saturated rings. The number of hydrogen-bond donors (Lipinski definition) is 1. The molecule has 1 aromatic rings. The number of hydrogen-bond acceptors (Lipinski definition) is 8. The largest absolute Gasteiger partial charge is 0.454 e. The van der Waals surface area contributed by atoms with E-state index in [-0.39, 0.29) is 53.8 Å². The van der Waals surface area contributed by atoms with Gasteiger partial charge in [-0.3, -0.25) is 9.59 Å². The Bertz CT molecular complexity index is 1030. The number of allylic oxidation sites excluding steroid dienone is 1. The summed E-state index contributed by atoms with van der Waals surface area (Å²) in [4.78, 5) is 37.0. The third-order valence-electron chi connectivity index (χ3n) is 4.51. The molecule has 30 heavy (non-hydrogen) atoms. The van der Waals surface area contributed by atoms with Crippen molar-refractivity contribution in [1.82, 2.24) is 9.21 Å². The number of nitrogens with zero attached hydrogens (tertiary/aromatic N) is 3. The van der Waals surface area contributed by atoms with Gasteiger partial charge in [-0.2, -0.15) is 9.57 Å². The third kappa shape index (κ3) is 5.22. The van der Waals surface area contributed by atoms with Gasteiger partial charge in [0.1, 0.15) is 11.6 Å². The van der Waals surface area contributed by atoms with Gasteiger partial charge in [0, 0.05) is 38.8 Å². The van der Waals surface area contributed by atoms with E-state index < -0.39 is 28.4 Å². The van der Waals surface area contributed by atoms with Crippen molar-refractivity contribution in [2.75, 3.05) is 32.8 Å². The van der Waals surface area contributed by atoms with Gasteiger partial charge in [-0.05, 0) is 25.1 Å². The first-order valence-corrected chi connectivity index (χ1v) is 10.4. The topological polar surface area (TPSA) is 151 Å². The summed E-state index contributed by atoms with van der Waals surface area (Å²) in [6.07, 6.45) is 0. The van der Waals surface area contributed by atoms with Crippen molar-refractivity contribution in [2.45, 2.75) is 18.7 Å². The van der Waals surface area contributed by atoms with E-state index in [1.807, 2.05) is 0 Å². The second-order valence-electron chi connectivity index (χ2n) is 6.61. The zero-order valence-electron chi connectivity index (χ0n) is 16.6. The Balaban J connectivity index is 2.11. The van der Waals surface area contributed by atoms with Crippen molar-refractivity contribution >= 4 is 27.7 Å². The monoisotopic (exact) mass is 434 g/mol.